The molecule has 0 spiro atoms. The van der Waals surface area contributed by atoms with Crippen LogP contribution in [0.25, 0.3) is 6.08 Å². The topological polar surface area (TPSA) is 110 Å². The third kappa shape index (κ3) is 5.33. The van der Waals surface area contributed by atoms with E-state index < -0.39 is 0 Å². The monoisotopic (exact) mass is 547 g/mol. The standard InChI is InChI=1S/C25H18BrN5O3S/c26-19-10-20(32)21(8-17(19)9-22-23(33)18-2-1-5-28-24(18)35-22)34-14-16-12-30-25(31-13-16)29-11-15-3-6-27-7-4-15/h1-10,12-13,32H,11,14H2,(H,29,30,31)/b22-9-. The highest BCUT2D eigenvalue weighted by atomic mass is 79.9. The van der Waals surface area contributed by atoms with Gasteiger partial charge >= 0.3 is 0 Å². The normalized spacial score (nSPS) is 13.6. The van der Waals surface area contributed by atoms with Crippen molar-refractivity contribution in [2.75, 3.05) is 5.32 Å². The predicted molar refractivity (Wildman–Crippen MR) is 136 cm³/mol. The number of nitrogens with zero attached hydrogens (tertiary/aromatic N) is 4. The van der Waals surface area contributed by atoms with Gasteiger partial charge in [0.2, 0.25) is 11.7 Å². The van der Waals surface area contributed by atoms with Crippen LogP contribution in [0.3, 0.4) is 0 Å². The lowest BCUT2D eigenvalue weighted by atomic mass is 10.1. The molecule has 5 rings (SSSR count). The molecule has 0 atom stereocenters. The van der Waals surface area contributed by atoms with E-state index in [-0.39, 0.29) is 23.9 Å². The highest BCUT2D eigenvalue weighted by Gasteiger charge is 2.27. The van der Waals surface area contributed by atoms with Crippen LogP contribution in [0.5, 0.6) is 11.5 Å². The highest BCUT2D eigenvalue weighted by molar-refractivity contribution is 9.10. The number of benzene rings is 1. The minimum atomic E-state index is -0.0738. The van der Waals surface area contributed by atoms with E-state index >= 15 is 0 Å². The summed E-state index contributed by atoms with van der Waals surface area (Å²) >= 11 is 4.78. The average Bonchev–Trinajstić information content (AvgIpc) is 3.20. The van der Waals surface area contributed by atoms with Crippen molar-refractivity contribution >= 4 is 45.5 Å². The van der Waals surface area contributed by atoms with E-state index in [1.165, 1.54) is 11.8 Å². The van der Waals surface area contributed by atoms with Crippen LogP contribution in [0.2, 0.25) is 0 Å². The minimum Gasteiger partial charge on any atom is -0.504 e. The number of anilines is 1. The molecule has 174 valence electrons. The Bertz CT molecular complexity index is 1410. The number of hydrogen-bond donors (Lipinski definition) is 2. The lowest BCUT2D eigenvalue weighted by molar-refractivity contribution is 0.104. The molecule has 8 nitrogen and oxygen atoms in total. The number of phenolic OH excluding ortho intramolecular Hbond substituents is 1. The predicted octanol–water partition coefficient (Wildman–Crippen LogP) is 5.26. The van der Waals surface area contributed by atoms with Gasteiger partial charge in [-0.15, -0.1) is 0 Å². The molecular formula is C25H18BrN5O3S. The van der Waals surface area contributed by atoms with E-state index in [9.17, 15) is 9.90 Å². The molecule has 35 heavy (non-hydrogen) atoms. The molecular weight excluding hydrogens is 530 g/mol. The number of allylic oxidation sites excluding steroid dienone is 1. The first kappa shape index (κ1) is 23.0. The Kier molecular flexibility index (Phi) is 6.73. The summed E-state index contributed by atoms with van der Waals surface area (Å²) in [6, 6.07) is 10.6. The van der Waals surface area contributed by atoms with Gasteiger partial charge < -0.3 is 15.2 Å². The molecule has 1 aromatic carbocycles. The number of thioether (sulfide) groups is 1. The van der Waals surface area contributed by atoms with Crippen LogP contribution in [0.1, 0.15) is 27.0 Å². The number of phenols is 1. The third-order valence-corrected chi connectivity index (χ3v) is 6.84. The van der Waals surface area contributed by atoms with Crippen LogP contribution in [-0.2, 0) is 13.2 Å². The van der Waals surface area contributed by atoms with Crippen molar-refractivity contribution in [3.05, 3.63) is 99.0 Å². The molecule has 0 saturated heterocycles. The summed E-state index contributed by atoms with van der Waals surface area (Å²) < 4.78 is 6.47. The fourth-order valence-electron chi connectivity index (χ4n) is 3.31. The Morgan fingerprint density at radius 3 is 2.63 bits per heavy atom. The Morgan fingerprint density at radius 2 is 1.86 bits per heavy atom. The smallest absolute Gasteiger partial charge is 0.222 e. The van der Waals surface area contributed by atoms with Crippen LogP contribution in [0, 0.1) is 0 Å². The van der Waals surface area contributed by atoms with Crippen LogP contribution in [0.4, 0.5) is 5.95 Å². The first-order valence-electron chi connectivity index (χ1n) is 10.5. The maximum absolute atomic E-state index is 12.7. The van der Waals surface area contributed by atoms with Crippen molar-refractivity contribution in [3.8, 4) is 11.5 Å². The lowest BCUT2D eigenvalue weighted by Gasteiger charge is -2.11. The molecule has 0 aliphatic carbocycles. The second-order valence-electron chi connectivity index (χ2n) is 7.55. The number of carbonyl (C=O) groups is 1. The van der Waals surface area contributed by atoms with Crippen LogP contribution in [-0.4, -0.2) is 30.8 Å². The number of pyridine rings is 2. The molecule has 0 radical (unpaired) electrons. The quantitative estimate of drug-likeness (QED) is 0.299. The molecule has 0 amide bonds. The van der Waals surface area contributed by atoms with Crippen molar-refractivity contribution in [2.24, 2.45) is 0 Å². The molecule has 1 aliphatic rings. The molecule has 0 fully saturated rings. The minimum absolute atomic E-state index is 0.0223. The van der Waals surface area contributed by atoms with Crippen molar-refractivity contribution in [3.63, 3.8) is 0 Å². The van der Waals surface area contributed by atoms with E-state index in [4.69, 9.17) is 4.74 Å². The average molecular weight is 548 g/mol. The molecule has 2 N–H and O–H groups in total. The summed E-state index contributed by atoms with van der Waals surface area (Å²) in [6.45, 7) is 0.754. The fraction of sp³-hybridized carbons (Fsp3) is 0.0800. The van der Waals surface area contributed by atoms with E-state index in [0.717, 1.165) is 11.1 Å². The number of aromatic hydroxyl groups is 1. The lowest BCUT2D eigenvalue weighted by Crippen LogP contribution is -2.05. The number of Topliss-reactive ketones (excluding diaryl/α,β-unsaturated/α-hetero) is 1. The molecule has 10 heteroatoms. The van der Waals surface area contributed by atoms with Crippen LogP contribution >= 0.6 is 27.7 Å². The number of hydrogen-bond acceptors (Lipinski definition) is 9. The molecule has 1 aliphatic heterocycles. The van der Waals surface area contributed by atoms with Crippen molar-refractivity contribution in [1.82, 2.24) is 19.9 Å². The number of aromatic nitrogens is 4. The first-order valence-corrected chi connectivity index (χ1v) is 12.2. The molecule has 0 bridgehead atoms. The second-order valence-corrected chi connectivity index (χ2v) is 9.43. The Balaban J connectivity index is 1.26. The molecule has 0 unspecified atom stereocenters. The van der Waals surface area contributed by atoms with Gasteiger partial charge in [0, 0.05) is 47.6 Å². The number of halogens is 1. The van der Waals surface area contributed by atoms with E-state index in [1.807, 2.05) is 12.1 Å². The number of fused-ring (bicyclic) bond motifs is 1. The maximum atomic E-state index is 12.7. The fourth-order valence-corrected chi connectivity index (χ4v) is 4.74. The van der Waals surface area contributed by atoms with Crippen LogP contribution < -0.4 is 10.1 Å². The third-order valence-electron chi connectivity index (χ3n) is 5.11. The Labute approximate surface area is 213 Å². The molecule has 4 heterocycles. The number of carbonyl (C=O) groups excluding carboxylic acids is 1. The first-order chi connectivity index (χ1) is 17.1. The highest BCUT2D eigenvalue weighted by Crippen LogP contribution is 2.41. The number of ketones is 1. The van der Waals surface area contributed by atoms with Gasteiger partial charge in [-0.25, -0.2) is 15.0 Å². The van der Waals surface area contributed by atoms with Gasteiger partial charge in [0.05, 0.1) is 10.5 Å². The van der Waals surface area contributed by atoms with Crippen molar-refractivity contribution in [1.29, 1.82) is 0 Å². The van der Waals surface area contributed by atoms with Gasteiger partial charge in [0.15, 0.2) is 11.5 Å². The summed E-state index contributed by atoms with van der Waals surface area (Å²) in [4.78, 5) is 30.1. The van der Waals surface area contributed by atoms with Crippen LogP contribution in [0.15, 0.2) is 81.8 Å². The second kappa shape index (κ2) is 10.2. The van der Waals surface area contributed by atoms with Gasteiger partial charge in [0.25, 0.3) is 0 Å². The zero-order valence-electron chi connectivity index (χ0n) is 18.2. The number of ether oxygens (including phenoxy) is 1. The van der Waals surface area contributed by atoms with E-state index in [1.54, 1.807) is 61.3 Å². The van der Waals surface area contributed by atoms with Gasteiger partial charge in [-0.2, -0.15) is 0 Å². The number of nitrogens with one attached hydrogen (secondary N) is 1. The van der Waals surface area contributed by atoms with Crippen molar-refractivity contribution < 1.29 is 14.6 Å². The summed E-state index contributed by atoms with van der Waals surface area (Å²) in [7, 11) is 0. The Morgan fingerprint density at radius 1 is 1.06 bits per heavy atom. The zero-order chi connectivity index (χ0) is 24.2. The SMILES string of the molecule is O=C1/C(=C/c2cc(OCc3cnc(NCc4ccncc4)nc3)c(O)cc2Br)Sc2ncccc21. The maximum Gasteiger partial charge on any atom is 0.222 e. The number of rotatable bonds is 7. The summed E-state index contributed by atoms with van der Waals surface area (Å²) in [5.74, 6) is 0.687. The zero-order valence-corrected chi connectivity index (χ0v) is 20.6. The van der Waals surface area contributed by atoms with Gasteiger partial charge in [-0.1, -0.05) is 27.7 Å². The molecule has 4 aromatic rings. The van der Waals surface area contributed by atoms with Crippen molar-refractivity contribution in [2.45, 2.75) is 18.2 Å². The summed E-state index contributed by atoms with van der Waals surface area (Å²) in [5, 5.41) is 14.2. The largest absolute Gasteiger partial charge is 0.504 e. The van der Waals surface area contributed by atoms with E-state index in [0.29, 0.717) is 38.0 Å². The van der Waals surface area contributed by atoms with Gasteiger partial charge in [0.1, 0.15) is 11.6 Å². The molecule has 3 aromatic heterocycles. The van der Waals surface area contributed by atoms with E-state index in [2.05, 4.69) is 41.2 Å². The molecule has 0 saturated carbocycles. The Hall–Kier alpha value is -3.76. The summed E-state index contributed by atoms with van der Waals surface area (Å²) in [6.07, 6.45) is 10.2. The summed E-state index contributed by atoms with van der Waals surface area (Å²) in [5.41, 5.74) is 3.11. The van der Waals surface area contributed by atoms with Gasteiger partial charge in [-0.3, -0.25) is 9.78 Å². The van der Waals surface area contributed by atoms with Gasteiger partial charge in [-0.05, 0) is 53.6 Å².